The zero-order chi connectivity index (χ0) is 18.8. The second-order valence-electron chi connectivity index (χ2n) is 6.06. The maximum Gasteiger partial charge on any atom is 0.278 e. The number of benzene rings is 1. The van der Waals surface area contributed by atoms with E-state index in [-0.39, 0.29) is 17.6 Å². The molecule has 8 heteroatoms. The van der Waals surface area contributed by atoms with E-state index in [2.05, 4.69) is 10.3 Å². The highest BCUT2D eigenvalue weighted by atomic mass is 16.6. The molecule has 0 spiro atoms. The van der Waals surface area contributed by atoms with Gasteiger partial charge in [-0.2, -0.15) is 0 Å². The van der Waals surface area contributed by atoms with E-state index in [1.807, 2.05) is 0 Å². The maximum absolute atomic E-state index is 12.8. The van der Waals surface area contributed by atoms with E-state index >= 15 is 0 Å². The summed E-state index contributed by atoms with van der Waals surface area (Å²) in [6.45, 7) is 3.58. The van der Waals surface area contributed by atoms with Crippen molar-refractivity contribution in [3.63, 3.8) is 0 Å². The van der Waals surface area contributed by atoms with Crippen LogP contribution in [0.15, 0.2) is 29.3 Å². The third-order valence-corrected chi connectivity index (χ3v) is 4.41. The first kappa shape index (κ1) is 19.2. The van der Waals surface area contributed by atoms with E-state index in [4.69, 9.17) is 14.2 Å². The van der Waals surface area contributed by atoms with Crippen LogP contribution in [0.25, 0.3) is 0 Å². The minimum atomic E-state index is -1.72. The zero-order valence-corrected chi connectivity index (χ0v) is 14.9. The van der Waals surface area contributed by atoms with Crippen LogP contribution in [0.1, 0.15) is 25.5 Å². The highest BCUT2D eigenvalue weighted by Crippen LogP contribution is 2.37. The van der Waals surface area contributed by atoms with Gasteiger partial charge in [-0.05, 0) is 17.7 Å². The smallest absolute Gasteiger partial charge is 0.278 e. The highest BCUT2D eigenvalue weighted by molar-refractivity contribution is 5.99. The van der Waals surface area contributed by atoms with E-state index in [0.717, 1.165) is 0 Å². The first-order chi connectivity index (χ1) is 11.8. The van der Waals surface area contributed by atoms with Crippen molar-refractivity contribution in [2.24, 2.45) is 10.9 Å². The van der Waals surface area contributed by atoms with E-state index in [9.17, 15) is 15.0 Å². The van der Waals surface area contributed by atoms with Crippen LogP contribution in [-0.2, 0) is 19.0 Å². The van der Waals surface area contributed by atoms with Gasteiger partial charge in [0, 0.05) is 20.1 Å². The minimum Gasteiger partial charge on any atom is -0.508 e. The summed E-state index contributed by atoms with van der Waals surface area (Å²) in [6, 6.07) is 5.87. The van der Waals surface area contributed by atoms with Crippen molar-refractivity contribution in [3.05, 3.63) is 29.8 Å². The number of aromatic hydroxyl groups is 1. The summed E-state index contributed by atoms with van der Waals surface area (Å²) in [5.74, 6) is -0.812. The van der Waals surface area contributed by atoms with Crippen LogP contribution in [-0.4, -0.2) is 54.8 Å². The highest BCUT2D eigenvalue weighted by Gasteiger charge is 2.57. The van der Waals surface area contributed by atoms with Crippen LogP contribution in [0.2, 0.25) is 0 Å². The number of carbonyl (C=O) groups excluding carboxylic acids is 1. The lowest BCUT2D eigenvalue weighted by Gasteiger charge is -2.45. The molecule has 25 heavy (non-hydrogen) atoms. The summed E-state index contributed by atoms with van der Waals surface area (Å²) in [7, 11) is 4.08. The Labute approximate surface area is 146 Å². The Hall–Kier alpha value is -2.16. The van der Waals surface area contributed by atoms with Crippen LogP contribution >= 0.6 is 0 Å². The largest absolute Gasteiger partial charge is 0.508 e. The van der Waals surface area contributed by atoms with Crippen molar-refractivity contribution in [1.82, 2.24) is 5.32 Å². The Morgan fingerprint density at radius 3 is 2.16 bits per heavy atom. The fraction of sp³-hybridized carbons (Fsp3) is 0.529. The molecule has 3 atom stereocenters. The third kappa shape index (κ3) is 2.97. The lowest BCUT2D eigenvalue weighted by Crippen LogP contribution is -2.69. The van der Waals surface area contributed by atoms with Crippen LogP contribution in [0.4, 0.5) is 0 Å². The standard InChI is InChI=1S/C17H24N2O6/c1-10(2)16(24-4)14(22)18-17(25-5,15(19-16)23-3)13(21)11-6-8-12(20)9-7-11/h6-10,13,20-21H,1-5H3,(H,18,22)/t13-,16-,17+/m1/s1. The number of hydrogen-bond donors (Lipinski definition) is 3. The first-order valence-corrected chi connectivity index (χ1v) is 7.81. The van der Waals surface area contributed by atoms with Gasteiger partial charge in [-0.15, -0.1) is 0 Å². The van der Waals surface area contributed by atoms with Crippen molar-refractivity contribution in [3.8, 4) is 5.75 Å². The molecule has 0 fully saturated rings. The van der Waals surface area contributed by atoms with Crippen molar-refractivity contribution < 1.29 is 29.2 Å². The average Bonchev–Trinajstić information content (AvgIpc) is 2.61. The molecule has 2 rings (SSSR count). The summed E-state index contributed by atoms with van der Waals surface area (Å²) < 4.78 is 16.2. The molecule has 0 bridgehead atoms. The fourth-order valence-electron chi connectivity index (χ4n) is 2.89. The lowest BCUT2D eigenvalue weighted by atomic mass is 9.91. The number of rotatable bonds is 5. The SMILES string of the molecule is COC1=N[C@@](OC)(C(C)C)C(=O)N[C@]1(OC)[C@H](O)c1ccc(O)cc1. The summed E-state index contributed by atoms with van der Waals surface area (Å²) in [4.78, 5) is 17.1. The fourth-order valence-corrected chi connectivity index (χ4v) is 2.89. The number of aliphatic hydroxyl groups excluding tert-OH is 1. The molecule has 8 nitrogen and oxygen atoms in total. The number of phenolic OH excluding ortho intramolecular Hbond substituents is 1. The van der Waals surface area contributed by atoms with Gasteiger partial charge in [0.15, 0.2) is 0 Å². The number of amides is 1. The topological polar surface area (TPSA) is 110 Å². The van der Waals surface area contributed by atoms with Crippen molar-refractivity contribution in [2.75, 3.05) is 21.3 Å². The number of aliphatic hydroxyl groups is 1. The molecule has 1 heterocycles. The van der Waals surface area contributed by atoms with Gasteiger partial charge in [-0.3, -0.25) is 4.79 Å². The Morgan fingerprint density at radius 1 is 1.12 bits per heavy atom. The van der Waals surface area contributed by atoms with Gasteiger partial charge in [0.25, 0.3) is 5.91 Å². The number of ether oxygens (including phenoxy) is 3. The molecule has 0 unspecified atom stereocenters. The molecule has 1 aliphatic heterocycles. The molecule has 0 radical (unpaired) electrons. The second-order valence-corrected chi connectivity index (χ2v) is 6.06. The second kappa shape index (κ2) is 6.99. The minimum absolute atomic E-state index is 0.0225. The van der Waals surface area contributed by atoms with E-state index in [0.29, 0.717) is 5.56 Å². The van der Waals surface area contributed by atoms with Crippen LogP contribution in [0.3, 0.4) is 0 Å². The summed E-state index contributed by atoms with van der Waals surface area (Å²) >= 11 is 0. The number of nitrogens with one attached hydrogen (secondary N) is 1. The number of aliphatic imine (C=N–C) groups is 1. The predicted molar refractivity (Wildman–Crippen MR) is 90.0 cm³/mol. The normalized spacial score (nSPS) is 27.6. The van der Waals surface area contributed by atoms with Crippen LogP contribution in [0.5, 0.6) is 5.75 Å². The molecular weight excluding hydrogens is 328 g/mol. The molecular formula is C17H24N2O6. The van der Waals surface area contributed by atoms with E-state index < -0.39 is 23.5 Å². The third-order valence-electron chi connectivity index (χ3n) is 4.41. The van der Waals surface area contributed by atoms with Crippen LogP contribution < -0.4 is 5.32 Å². The molecule has 3 N–H and O–H groups in total. The molecule has 1 aliphatic rings. The molecule has 0 saturated carbocycles. The first-order valence-electron chi connectivity index (χ1n) is 7.81. The monoisotopic (exact) mass is 352 g/mol. The van der Waals surface area contributed by atoms with Crippen LogP contribution in [0, 0.1) is 5.92 Å². The molecule has 1 amide bonds. The van der Waals surface area contributed by atoms with Gasteiger partial charge in [0.1, 0.15) is 11.9 Å². The van der Waals surface area contributed by atoms with Gasteiger partial charge in [-0.25, -0.2) is 4.99 Å². The summed E-state index contributed by atoms with van der Waals surface area (Å²) in [5, 5.41) is 23.0. The molecule has 1 aromatic carbocycles. The molecule has 0 aromatic heterocycles. The number of hydrogen-bond acceptors (Lipinski definition) is 7. The summed E-state index contributed by atoms with van der Waals surface area (Å²) in [6.07, 6.45) is -1.33. The molecule has 0 aliphatic carbocycles. The number of methoxy groups -OCH3 is 3. The van der Waals surface area contributed by atoms with E-state index in [1.165, 1.54) is 45.6 Å². The van der Waals surface area contributed by atoms with Gasteiger partial charge in [0.05, 0.1) is 7.11 Å². The zero-order valence-electron chi connectivity index (χ0n) is 14.9. The summed E-state index contributed by atoms with van der Waals surface area (Å²) in [5.41, 5.74) is -2.80. The molecule has 0 saturated heterocycles. The van der Waals surface area contributed by atoms with Gasteiger partial charge < -0.3 is 29.7 Å². The van der Waals surface area contributed by atoms with Gasteiger partial charge in [-0.1, -0.05) is 26.0 Å². The maximum atomic E-state index is 12.8. The number of carbonyl (C=O) groups is 1. The van der Waals surface area contributed by atoms with Gasteiger partial charge in [0.2, 0.25) is 17.3 Å². The van der Waals surface area contributed by atoms with Crippen molar-refractivity contribution in [1.29, 1.82) is 0 Å². The average molecular weight is 352 g/mol. The number of phenols is 1. The van der Waals surface area contributed by atoms with E-state index in [1.54, 1.807) is 13.8 Å². The van der Waals surface area contributed by atoms with Crippen molar-refractivity contribution in [2.45, 2.75) is 31.4 Å². The Balaban J connectivity index is 2.58. The molecule has 138 valence electrons. The molecule has 1 aromatic rings. The predicted octanol–water partition coefficient (Wildman–Crippen LogP) is 0.942. The number of nitrogens with zero attached hydrogens (tertiary/aromatic N) is 1. The Kier molecular flexibility index (Phi) is 5.36. The Morgan fingerprint density at radius 2 is 1.72 bits per heavy atom. The Bertz CT molecular complexity index is 660. The van der Waals surface area contributed by atoms with Crippen molar-refractivity contribution >= 4 is 11.8 Å². The quantitative estimate of drug-likeness (QED) is 0.728. The lowest BCUT2D eigenvalue weighted by molar-refractivity contribution is -0.168. The van der Waals surface area contributed by atoms with Gasteiger partial charge >= 0.3 is 0 Å².